The Morgan fingerprint density at radius 1 is 0.979 bits per heavy atom. The van der Waals surface area contributed by atoms with Gasteiger partial charge < -0.3 is 45.3 Å². The van der Waals surface area contributed by atoms with Crippen LogP contribution in [0.5, 0.6) is 0 Å². The van der Waals surface area contributed by atoms with Crippen molar-refractivity contribution in [2.45, 2.75) is 71.7 Å². The predicted molar refractivity (Wildman–Crippen MR) is 183 cm³/mol. The van der Waals surface area contributed by atoms with Crippen molar-refractivity contribution in [3.63, 3.8) is 0 Å². The SMILES string of the molecule is Cc1ncsc1-c1ccc(C(C)NC(=O)C2CC(O)CN2C(=O)C(NC(=O)CCOCCOCCOCCOCCN)C(C)(C)C)cc1. The average Bonchev–Trinajstić information content (AvgIpc) is 3.66. The molecule has 14 heteroatoms. The zero-order chi connectivity index (χ0) is 35.1. The molecule has 1 aromatic carbocycles. The minimum atomic E-state index is -0.908. The van der Waals surface area contributed by atoms with Crippen molar-refractivity contribution in [1.82, 2.24) is 20.5 Å². The van der Waals surface area contributed by atoms with Crippen molar-refractivity contribution in [2.75, 3.05) is 65.9 Å². The van der Waals surface area contributed by atoms with E-state index in [1.807, 2.05) is 64.4 Å². The Morgan fingerprint density at radius 3 is 2.10 bits per heavy atom. The summed E-state index contributed by atoms with van der Waals surface area (Å²) in [6.45, 7) is 13.0. The van der Waals surface area contributed by atoms with Crippen LogP contribution in [-0.4, -0.2) is 117 Å². The molecule has 3 rings (SSSR count). The second kappa shape index (κ2) is 19.9. The van der Waals surface area contributed by atoms with E-state index >= 15 is 0 Å². The molecule has 1 fully saturated rings. The number of hydrogen-bond acceptors (Lipinski definition) is 11. The smallest absolute Gasteiger partial charge is 0.246 e. The number of aryl methyl sites for hydroxylation is 1. The lowest BCUT2D eigenvalue weighted by Gasteiger charge is -2.35. The highest BCUT2D eigenvalue weighted by molar-refractivity contribution is 7.13. The number of carbonyl (C=O) groups excluding carboxylic acids is 3. The van der Waals surface area contributed by atoms with Gasteiger partial charge in [-0.25, -0.2) is 4.98 Å². The van der Waals surface area contributed by atoms with Gasteiger partial charge in [0.15, 0.2) is 0 Å². The van der Waals surface area contributed by atoms with E-state index in [-0.39, 0.29) is 43.8 Å². The third-order valence-electron chi connectivity index (χ3n) is 7.91. The first-order valence-electron chi connectivity index (χ1n) is 16.5. The molecule has 0 bridgehead atoms. The van der Waals surface area contributed by atoms with E-state index in [4.69, 9.17) is 24.7 Å². The molecule has 5 N–H and O–H groups in total. The summed E-state index contributed by atoms with van der Waals surface area (Å²) in [6, 6.07) is 5.84. The van der Waals surface area contributed by atoms with Crippen LogP contribution in [-0.2, 0) is 33.3 Å². The number of benzene rings is 1. The van der Waals surface area contributed by atoms with Crippen LogP contribution in [0.2, 0.25) is 0 Å². The summed E-state index contributed by atoms with van der Waals surface area (Å²) >= 11 is 1.58. The number of aliphatic hydroxyl groups excluding tert-OH is 1. The fraction of sp³-hybridized carbons (Fsp3) is 0.647. The zero-order valence-electron chi connectivity index (χ0n) is 28.9. The number of aliphatic hydroxyl groups is 1. The quantitative estimate of drug-likeness (QED) is 0.151. The van der Waals surface area contributed by atoms with Crippen LogP contribution in [0.15, 0.2) is 29.8 Å². The van der Waals surface area contributed by atoms with Gasteiger partial charge in [0.1, 0.15) is 12.1 Å². The van der Waals surface area contributed by atoms with Crippen molar-refractivity contribution in [3.05, 3.63) is 41.0 Å². The maximum Gasteiger partial charge on any atom is 0.246 e. The Morgan fingerprint density at radius 2 is 1.56 bits per heavy atom. The van der Waals surface area contributed by atoms with Crippen LogP contribution in [0.4, 0.5) is 0 Å². The van der Waals surface area contributed by atoms with Gasteiger partial charge in [-0.2, -0.15) is 0 Å². The van der Waals surface area contributed by atoms with Crippen LogP contribution < -0.4 is 16.4 Å². The molecule has 1 aromatic heterocycles. The third kappa shape index (κ3) is 12.5. The molecule has 4 atom stereocenters. The molecule has 1 aliphatic heterocycles. The number of ether oxygens (including phenoxy) is 4. The lowest BCUT2D eigenvalue weighted by molar-refractivity contribution is -0.144. The number of hydrogen-bond donors (Lipinski definition) is 4. The van der Waals surface area contributed by atoms with Crippen molar-refractivity contribution in [1.29, 1.82) is 0 Å². The van der Waals surface area contributed by atoms with Crippen molar-refractivity contribution in [2.24, 2.45) is 11.1 Å². The van der Waals surface area contributed by atoms with Crippen molar-refractivity contribution in [3.8, 4) is 10.4 Å². The summed E-state index contributed by atoms with van der Waals surface area (Å²) in [7, 11) is 0. The van der Waals surface area contributed by atoms with Crippen molar-refractivity contribution < 1.29 is 38.4 Å². The summed E-state index contributed by atoms with van der Waals surface area (Å²) < 4.78 is 21.6. The highest BCUT2D eigenvalue weighted by Gasteiger charge is 2.44. The van der Waals surface area contributed by atoms with Crippen LogP contribution in [0.25, 0.3) is 10.4 Å². The number of nitrogens with one attached hydrogen (secondary N) is 2. The number of β-amino-alcohol motifs (C(OH)–C–C–N with tert-alkyl or cyclic N) is 1. The molecule has 48 heavy (non-hydrogen) atoms. The Labute approximate surface area is 287 Å². The number of amides is 3. The zero-order valence-corrected chi connectivity index (χ0v) is 29.7. The molecule has 0 aliphatic carbocycles. The van der Waals surface area contributed by atoms with Gasteiger partial charge in [0.2, 0.25) is 17.7 Å². The summed E-state index contributed by atoms with van der Waals surface area (Å²) in [6.07, 6.45) is -0.683. The first-order chi connectivity index (χ1) is 22.9. The van der Waals surface area contributed by atoms with Crippen molar-refractivity contribution >= 4 is 29.1 Å². The highest BCUT2D eigenvalue weighted by Crippen LogP contribution is 2.29. The molecule has 0 saturated carbocycles. The minimum absolute atomic E-state index is 0.00681. The topological polar surface area (TPSA) is 175 Å². The standard InChI is InChI=1S/C34H53N5O8S/c1-23(25-6-8-26(9-7-25)30-24(2)36-22-48-30)37-32(42)28-20-27(40)21-39(28)33(43)31(34(3,4)5)38-29(41)10-12-44-14-16-46-18-19-47-17-15-45-13-11-35/h6-9,22-23,27-28,31,40H,10-21,35H2,1-5H3,(H,37,42)(H,38,41). The van der Waals surface area contributed by atoms with Gasteiger partial charge in [-0.15, -0.1) is 11.3 Å². The van der Waals surface area contributed by atoms with Gasteiger partial charge >= 0.3 is 0 Å². The van der Waals surface area contributed by atoms with E-state index in [1.54, 1.807) is 11.3 Å². The third-order valence-corrected chi connectivity index (χ3v) is 8.89. The lowest BCUT2D eigenvalue weighted by Crippen LogP contribution is -2.58. The second-order valence-corrected chi connectivity index (χ2v) is 13.7. The first kappa shape index (κ1) is 39.5. The molecule has 268 valence electrons. The molecule has 0 radical (unpaired) electrons. The molecule has 2 heterocycles. The largest absolute Gasteiger partial charge is 0.391 e. The summed E-state index contributed by atoms with van der Waals surface area (Å²) in [5, 5.41) is 16.4. The Hall–Kier alpha value is -2.98. The van der Waals surface area contributed by atoms with Crippen LogP contribution in [0, 0.1) is 12.3 Å². The van der Waals surface area contributed by atoms with Gasteiger partial charge in [0, 0.05) is 25.9 Å². The van der Waals surface area contributed by atoms with Crippen LogP contribution >= 0.6 is 11.3 Å². The van der Waals surface area contributed by atoms with E-state index in [0.29, 0.717) is 52.8 Å². The number of nitrogens with two attached hydrogens (primary N) is 1. The van der Waals surface area contributed by atoms with Gasteiger partial charge in [-0.1, -0.05) is 45.0 Å². The van der Waals surface area contributed by atoms with E-state index in [1.165, 1.54) is 4.90 Å². The van der Waals surface area contributed by atoms with E-state index in [2.05, 4.69) is 15.6 Å². The average molecular weight is 692 g/mol. The lowest BCUT2D eigenvalue weighted by atomic mass is 9.85. The molecule has 2 aromatic rings. The molecule has 1 aliphatic rings. The Bertz CT molecular complexity index is 1290. The molecular weight excluding hydrogens is 638 g/mol. The predicted octanol–water partition coefficient (Wildman–Crippen LogP) is 2.20. The van der Waals surface area contributed by atoms with Gasteiger partial charge in [0.25, 0.3) is 0 Å². The molecule has 4 unspecified atom stereocenters. The number of aromatic nitrogens is 1. The Kier molecular flexibility index (Phi) is 16.3. The van der Waals surface area contributed by atoms with Crippen LogP contribution in [0.3, 0.4) is 0 Å². The number of likely N-dealkylation sites (tertiary alicyclic amines) is 1. The van der Waals surface area contributed by atoms with Crippen LogP contribution in [0.1, 0.15) is 57.8 Å². The number of thiazole rings is 1. The Balaban J connectivity index is 1.46. The van der Waals surface area contributed by atoms with E-state index < -0.39 is 29.5 Å². The maximum absolute atomic E-state index is 13.9. The minimum Gasteiger partial charge on any atom is -0.391 e. The number of carbonyl (C=O) groups is 3. The van der Waals surface area contributed by atoms with Gasteiger partial charge in [-0.3, -0.25) is 14.4 Å². The summed E-state index contributed by atoms with van der Waals surface area (Å²) in [5.41, 5.74) is 9.45. The summed E-state index contributed by atoms with van der Waals surface area (Å²) in [5.74, 6) is -1.11. The second-order valence-electron chi connectivity index (χ2n) is 12.9. The van der Waals surface area contributed by atoms with E-state index in [0.717, 1.165) is 21.7 Å². The molecule has 0 spiro atoms. The van der Waals surface area contributed by atoms with Gasteiger partial charge in [0.05, 0.1) is 81.1 Å². The monoisotopic (exact) mass is 691 g/mol. The fourth-order valence-electron chi connectivity index (χ4n) is 5.26. The highest BCUT2D eigenvalue weighted by atomic mass is 32.1. The summed E-state index contributed by atoms with van der Waals surface area (Å²) in [4.78, 5) is 47.0. The molecule has 1 saturated heterocycles. The maximum atomic E-state index is 13.9. The van der Waals surface area contributed by atoms with E-state index in [9.17, 15) is 19.5 Å². The van der Waals surface area contributed by atoms with Gasteiger partial charge in [-0.05, 0) is 30.4 Å². The molecular formula is C34H53N5O8S. The fourth-order valence-corrected chi connectivity index (χ4v) is 6.07. The normalized spacial score (nSPS) is 17.7. The first-order valence-corrected chi connectivity index (χ1v) is 17.4. The molecule has 13 nitrogen and oxygen atoms in total. The molecule has 3 amide bonds. The number of rotatable bonds is 20. The number of nitrogens with zero attached hydrogens (tertiary/aromatic N) is 2.